The molecule has 1 heterocycles. The van der Waals surface area contributed by atoms with Gasteiger partial charge in [0.1, 0.15) is 5.54 Å². The van der Waals surface area contributed by atoms with Crippen LogP contribution < -0.4 is 0 Å². The zero-order valence-corrected chi connectivity index (χ0v) is 9.82. The smallest absolute Gasteiger partial charge is 0.323 e. The number of hydrogen-bond acceptors (Lipinski definition) is 3. The lowest BCUT2D eigenvalue weighted by Crippen LogP contribution is -2.48. The highest BCUT2D eigenvalue weighted by atomic mass is 16.5. The monoisotopic (exact) mass is 215 g/mol. The molecule has 0 bridgehead atoms. The average Bonchev–Trinajstić information content (AvgIpc) is 2.66. The van der Waals surface area contributed by atoms with E-state index in [4.69, 9.17) is 9.84 Å². The van der Waals surface area contributed by atoms with Crippen LogP contribution in [0.5, 0.6) is 0 Å². The largest absolute Gasteiger partial charge is 0.480 e. The summed E-state index contributed by atoms with van der Waals surface area (Å²) in [5, 5.41) is 9.03. The van der Waals surface area contributed by atoms with Gasteiger partial charge in [0, 0.05) is 13.2 Å². The van der Waals surface area contributed by atoms with Crippen molar-refractivity contribution in [1.82, 2.24) is 4.90 Å². The maximum absolute atomic E-state index is 11.0. The fourth-order valence-corrected chi connectivity index (χ4v) is 1.65. The number of carboxylic acids is 1. The van der Waals surface area contributed by atoms with Crippen molar-refractivity contribution in [2.45, 2.75) is 44.8 Å². The Bertz CT molecular complexity index is 222. The fraction of sp³-hybridized carbons (Fsp3) is 0.909. The SMILES string of the molecule is CN(CCC1CCCO1)C(C)(C)C(=O)O. The third-order valence-electron chi connectivity index (χ3n) is 3.29. The van der Waals surface area contributed by atoms with E-state index in [0.717, 1.165) is 32.4 Å². The Morgan fingerprint density at radius 2 is 2.27 bits per heavy atom. The van der Waals surface area contributed by atoms with Crippen molar-refractivity contribution in [3.05, 3.63) is 0 Å². The second kappa shape index (κ2) is 4.94. The lowest BCUT2D eigenvalue weighted by atomic mass is 10.0. The second-order valence-corrected chi connectivity index (χ2v) is 4.71. The molecule has 1 saturated heterocycles. The molecule has 1 fully saturated rings. The lowest BCUT2D eigenvalue weighted by molar-refractivity contribution is -0.148. The van der Waals surface area contributed by atoms with Gasteiger partial charge < -0.3 is 9.84 Å². The zero-order valence-electron chi connectivity index (χ0n) is 9.82. The highest BCUT2D eigenvalue weighted by molar-refractivity contribution is 5.77. The van der Waals surface area contributed by atoms with Crippen molar-refractivity contribution in [2.24, 2.45) is 0 Å². The highest BCUT2D eigenvalue weighted by Gasteiger charge is 2.32. The molecule has 0 saturated carbocycles. The molecular formula is C11H21NO3. The number of hydrogen-bond donors (Lipinski definition) is 1. The molecule has 4 nitrogen and oxygen atoms in total. The summed E-state index contributed by atoms with van der Waals surface area (Å²) in [6, 6.07) is 0. The van der Waals surface area contributed by atoms with E-state index >= 15 is 0 Å². The lowest BCUT2D eigenvalue weighted by Gasteiger charge is -2.32. The molecular weight excluding hydrogens is 194 g/mol. The van der Waals surface area contributed by atoms with Gasteiger partial charge in [-0.15, -0.1) is 0 Å². The van der Waals surface area contributed by atoms with Crippen LogP contribution in [0.25, 0.3) is 0 Å². The van der Waals surface area contributed by atoms with Crippen molar-refractivity contribution in [1.29, 1.82) is 0 Å². The van der Waals surface area contributed by atoms with E-state index in [1.165, 1.54) is 0 Å². The standard InChI is InChI=1S/C11H21NO3/c1-11(2,10(13)14)12(3)7-6-9-5-4-8-15-9/h9H,4-8H2,1-3H3,(H,13,14). The van der Waals surface area contributed by atoms with Gasteiger partial charge in [-0.2, -0.15) is 0 Å². The number of likely N-dealkylation sites (N-methyl/N-ethyl adjacent to an activating group) is 1. The predicted octanol–water partition coefficient (Wildman–Crippen LogP) is 1.35. The van der Waals surface area contributed by atoms with Crippen molar-refractivity contribution in [2.75, 3.05) is 20.2 Å². The summed E-state index contributed by atoms with van der Waals surface area (Å²) in [6.07, 6.45) is 3.50. The Hall–Kier alpha value is -0.610. The predicted molar refractivity (Wildman–Crippen MR) is 57.9 cm³/mol. The van der Waals surface area contributed by atoms with Crippen LogP contribution in [0.3, 0.4) is 0 Å². The van der Waals surface area contributed by atoms with Crippen LogP contribution in [-0.2, 0) is 9.53 Å². The first kappa shape index (κ1) is 12.5. The maximum atomic E-state index is 11.0. The molecule has 0 amide bonds. The van der Waals surface area contributed by atoms with Crippen LogP contribution in [0.2, 0.25) is 0 Å². The van der Waals surface area contributed by atoms with Crippen LogP contribution in [0, 0.1) is 0 Å². The fourth-order valence-electron chi connectivity index (χ4n) is 1.65. The van der Waals surface area contributed by atoms with Crippen LogP contribution in [0.1, 0.15) is 33.1 Å². The molecule has 0 radical (unpaired) electrons. The molecule has 1 N–H and O–H groups in total. The van der Waals surface area contributed by atoms with Gasteiger partial charge in [0.25, 0.3) is 0 Å². The topological polar surface area (TPSA) is 49.8 Å². The third kappa shape index (κ3) is 3.18. The Kier molecular flexibility index (Phi) is 4.11. The van der Waals surface area contributed by atoms with E-state index in [9.17, 15) is 4.79 Å². The molecule has 1 atom stereocenters. The quantitative estimate of drug-likeness (QED) is 0.752. The summed E-state index contributed by atoms with van der Waals surface area (Å²) in [5.74, 6) is -0.780. The van der Waals surface area contributed by atoms with E-state index in [1.54, 1.807) is 13.8 Å². The summed E-state index contributed by atoms with van der Waals surface area (Å²) < 4.78 is 5.50. The number of nitrogens with zero attached hydrogens (tertiary/aromatic N) is 1. The normalized spacial score (nSPS) is 22.3. The Balaban J connectivity index is 2.34. The van der Waals surface area contributed by atoms with Gasteiger partial charge in [0.15, 0.2) is 0 Å². The van der Waals surface area contributed by atoms with Crippen molar-refractivity contribution >= 4 is 5.97 Å². The second-order valence-electron chi connectivity index (χ2n) is 4.71. The minimum atomic E-state index is -0.793. The van der Waals surface area contributed by atoms with Gasteiger partial charge in [-0.05, 0) is 40.2 Å². The van der Waals surface area contributed by atoms with E-state index in [-0.39, 0.29) is 0 Å². The average molecular weight is 215 g/mol. The Labute approximate surface area is 91.2 Å². The minimum absolute atomic E-state index is 0.331. The van der Waals surface area contributed by atoms with Crippen LogP contribution >= 0.6 is 0 Å². The van der Waals surface area contributed by atoms with Crippen LogP contribution in [0.15, 0.2) is 0 Å². The first-order valence-electron chi connectivity index (χ1n) is 5.51. The molecule has 0 aliphatic carbocycles. The number of ether oxygens (including phenoxy) is 1. The maximum Gasteiger partial charge on any atom is 0.323 e. The number of carbonyl (C=O) groups is 1. The molecule has 0 spiro atoms. The molecule has 88 valence electrons. The summed E-state index contributed by atoms with van der Waals surface area (Å²) in [7, 11) is 1.85. The third-order valence-corrected chi connectivity index (χ3v) is 3.29. The molecule has 4 heteroatoms. The molecule has 15 heavy (non-hydrogen) atoms. The van der Waals surface area contributed by atoms with E-state index < -0.39 is 11.5 Å². The number of rotatable bonds is 5. The van der Waals surface area contributed by atoms with Gasteiger partial charge >= 0.3 is 5.97 Å². The van der Waals surface area contributed by atoms with Crippen LogP contribution in [-0.4, -0.2) is 47.8 Å². The summed E-state index contributed by atoms with van der Waals surface area (Å²) in [6.45, 7) is 5.08. The van der Waals surface area contributed by atoms with Gasteiger partial charge in [0.2, 0.25) is 0 Å². The number of carboxylic acid groups (broad SMARTS) is 1. The molecule has 0 aromatic heterocycles. The molecule has 0 aromatic rings. The zero-order chi connectivity index (χ0) is 11.5. The molecule has 1 rings (SSSR count). The van der Waals surface area contributed by atoms with Crippen molar-refractivity contribution in [3.63, 3.8) is 0 Å². The molecule has 0 aromatic carbocycles. The first-order valence-corrected chi connectivity index (χ1v) is 5.51. The Morgan fingerprint density at radius 3 is 2.73 bits per heavy atom. The highest BCUT2D eigenvalue weighted by Crippen LogP contribution is 2.18. The molecule has 1 aliphatic heterocycles. The first-order chi connectivity index (χ1) is 6.94. The Morgan fingerprint density at radius 1 is 1.60 bits per heavy atom. The summed E-state index contributed by atoms with van der Waals surface area (Å²) in [4.78, 5) is 12.9. The van der Waals surface area contributed by atoms with E-state index in [0.29, 0.717) is 6.10 Å². The van der Waals surface area contributed by atoms with Gasteiger partial charge in [-0.3, -0.25) is 9.69 Å². The summed E-state index contributed by atoms with van der Waals surface area (Å²) >= 11 is 0. The van der Waals surface area contributed by atoms with Crippen LogP contribution in [0.4, 0.5) is 0 Å². The van der Waals surface area contributed by atoms with Gasteiger partial charge in [-0.25, -0.2) is 0 Å². The van der Waals surface area contributed by atoms with Gasteiger partial charge in [0.05, 0.1) is 6.10 Å². The van der Waals surface area contributed by atoms with E-state index in [1.807, 2.05) is 11.9 Å². The molecule has 1 unspecified atom stereocenters. The molecule has 1 aliphatic rings. The summed E-state index contributed by atoms with van der Waals surface area (Å²) in [5.41, 5.74) is -0.793. The van der Waals surface area contributed by atoms with Crippen molar-refractivity contribution < 1.29 is 14.6 Å². The van der Waals surface area contributed by atoms with Crippen molar-refractivity contribution in [3.8, 4) is 0 Å². The van der Waals surface area contributed by atoms with E-state index in [2.05, 4.69) is 0 Å². The van der Waals surface area contributed by atoms with Gasteiger partial charge in [-0.1, -0.05) is 0 Å². The minimum Gasteiger partial charge on any atom is -0.480 e. The number of aliphatic carboxylic acids is 1.